The lowest BCUT2D eigenvalue weighted by Crippen LogP contribution is -2.23. The molecule has 0 atom stereocenters. The van der Waals surface area contributed by atoms with Gasteiger partial charge in [0.05, 0.1) is 23.5 Å². The molecule has 0 bridgehead atoms. The van der Waals surface area contributed by atoms with Crippen molar-refractivity contribution in [2.45, 2.75) is 0 Å². The zero-order valence-corrected chi connectivity index (χ0v) is 16.8. The molecule has 3 nitrogen and oxygen atoms in total. The van der Waals surface area contributed by atoms with Crippen molar-refractivity contribution in [1.82, 2.24) is 0 Å². The van der Waals surface area contributed by atoms with E-state index >= 15 is 0 Å². The fraction of sp³-hybridized carbons (Fsp3) is 0. The molecular formula is C28H19N3. The van der Waals surface area contributed by atoms with Gasteiger partial charge in [0.15, 0.2) is 0 Å². The first-order valence-corrected chi connectivity index (χ1v) is 9.91. The quantitative estimate of drug-likeness (QED) is 0.468. The SMILES string of the molecule is N#C/C=C(/c1ccccc1)N1/C(=C/C(=C\C#N)c2ccccc2)C=Cc2ccccc21. The number of hydrogen-bond acceptors (Lipinski definition) is 3. The summed E-state index contributed by atoms with van der Waals surface area (Å²) in [6.07, 6.45) is 9.17. The Morgan fingerprint density at radius 1 is 0.677 bits per heavy atom. The second kappa shape index (κ2) is 9.27. The van der Waals surface area contributed by atoms with Crippen molar-refractivity contribution in [3.63, 3.8) is 0 Å². The molecule has 0 radical (unpaired) electrons. The number of allylic oxidation sites excluding steroid dienone is 5. The molecule has 0 spiro atoms. The number of rotatable bonds is 4. The zero-order chi connectivity index (χ0) is 21.5. The van der Waals surface area contributed by atoms with Crippen LogP contribution in [-0.2, 0) is 0 Å². The van der Waals surface area contributed by atoms with E-state index in [0.717, 1.165) is 39.3 Å². The summed E-state index contributed by atoms with van der Waals surface area (Å²) >= 11 is 0. The van der Waals surface area contributed by atoms with Crippen LogP contribution in [0.5, 0.6) is 0 Å². The first-order valence-electron chi connectivity index (χ1n) is 9.91. The Labute approximate surface area is 182 Å². The van der Waals surface area contributed by atoms with Crippen LogP contribution < -0.4 is 4.90 Å². The Kier molecular flexibility index (Phi) is 5.89. The van der Waals surface area contributed by atoms with Crippen LogP contribution in [-0.4, -0.2) is 0 Å². The van der Waals surface area contributed by atoms with E-state index in [0.29, 0.717) is 0 Å². The first kappa shape index (κ1) is 19.7. The van der Waals surface area contributed by atoms with Gasteiger partial charge in [0, 0.05) is 17.8 Å². The van der Waals surface area contributed by atoms with E-state index in [1.165, 1.54) is 0 Å². The van der Waals surface area contributed by atoms with Crippen LogP contribution in [0.15, 0.2) is 115 Å². The molecule has 1 aliphatic heterocycles. The van der Waals surface area contributed by atoms with E-state index in [4.69, 9.17) is 0 Å². The normalized spacial score (nSPS) is 14.6. The first-order chi connectivity index (χ1) is 15.3. The van der Waals surface area contributed by atoms with Crippen molar-refractivity contribution in [3.05, 3.63) is 132 Å². The molecule has 0 saturated carbocycles. The summed E-state index contributed by atoms with van der Waals surface area (Å²) in [5, 5.41) is 18.9. The molecule has 0 saturated heterocycles. The molecular weight excluding hydrogens is 378 g/mol. The van der Waals surface area contributed by atoms with Crippen LogP contribution in [0.25, 0.3) is 17.3 Å². The molecule has 0 amide bonds. The van der Waals surface area contributed by atoms with E-state index in [1.807, 2.05) is 97.1 Å². The van der Waals surface area contributed by atoms with Crippen molar-refractivity contribution in [2.75, 3.05) is 4.90 Å². The summed E-state index contributed by atoms with van der Waals surface area (Å²) in [5.41, 5.74) is 6.37. The summed E-state index contributed by atoms with van der Waals surface area (Å²) in [6, 6.07) is 32.1. The van der Waals surface area contributed by atoms with Gasteiger partial charge in [-0.15, -0.1) is 0 Å². The number of para-hydroxylation sites is 1. The standard InChI is InChI=1S/C28H19N3/c29-19-17-25(22-9-3-1-4-10-22)21-26-16-15-24-13-7-8-14-27(24)31(26)28(18-20-30)23-11-5-2-6-12-23/h1-18,21H/b25-17+,26-21+,28-18-. The molecule has 0 N–H and O–H groups in total. The minimum absolute atomic E-state index is 0.774. The lowest BCUT2D eigenvalue weighted by atomic mass is 9.99. The maximum Gasteiger partial charge on any atom is 0.0934 e. The molecule has 4 rings (SSSR count). The highest BCUT2D eigenvalue weighted by molar-refractivity contribution is 5.93. The maximum atomic E-state index is 9.56. The topological polar surface area (TPSA) is 50.8 Å². The van der Waals surface area contributed by atoms with Crippen LogP contribution in [0.1, 0.15) is 16.7 Å². The molecule has 146 valence electrons. The lowest BCUT2D eigenvalue weighted by molar-refractivity contribution is 1.20. The van der Waals surface area contributed by atoms with Crippen LogP contribution in [0.3, 0.4) is 0 Å². The predicted octanol–water partition coefficient (Wildman–Crippen LogP) is 6.58. The average molecular weight is 397 g/mol. The molecule has 1 aliphatic rings. The summed E-state index contributed by atoms with van der Waals surface area (Å²) < 4.78 is 0. The molecule has 3 aromatic rings. The average Bonchev–Trinajstić information content (AvgIpc) is 2.83. The summed E-state index contributed by atoms with van der Waals surface area (Å²) in [7, 11) is 0. The Bertz CT molecular complexity index is 1280. The van der Waals surface area contributed by atoms with Crippen molar-refractivity contribution in [3.8, 4) is 12.1 Å². The smallest absolute Gasteiger partial charge is 0.0934 e. The van der Waals surface area contributed by atoms with Crippen molar-refractivity contribution < 1.29 is 0 Å². The Morgan fingerprint density at radius 2 is 1.29 bits per heavy atom. The lowest BCUT2D eigenvalue weighted by Gasteiger charge is -2.32. The minimum atomic E-state index is 0.774. The van der Waals surface area contributed by atoms with E-state index in [1.54, 1.807) is 12.2 Å². The van der Waals surface area contributed by atoms with Crippen LogP contribution in [0.2, 0.25) is 0 Å². The number of hydrogen-bond donors (Lipinski definition) is 0. The Morgan fingerprint density at radius 3 is 1.97 bits per heavy atom. The molecule has 0 aromatic heterocycles. The molecule has 3 aromatic carbocycles. The zero-order valence-electron chi connectivity index (χ0n) is 16.8. The Balaban J connectivity index is 1.92. The summed E-state index contributed by atoms with van der Waals surface area (Å²) in [4.78, 5) is 2.07. The predicted molar refractivity (Wildman–Crippen MR) is 126 cm³/mol. The third-order valence-corrected chi connectivity index (χ3v) is 5.01. The maximum absolute atomic E-state index is 9.56. The third-order valence-electron chi connectivity index (χ3n) is 5.01. The summed E-state index contributed by atoms with van der Waals surface area (Å²) in [5.74, 6) is 0. The van der Waals surface area contributed by atoms with Crippen LogP contribution >= 0.6 is 0 Å². The van der Waals surface area contributed by atoms with Gasteiger partial charge in [0.1, 0.15) is 0 Å². The second-order valence-electron chi connectivity index (χ2n) is 6.92. The molecule has 1 heterocycles. The molecule has 0 fully saturated rings. The van der Waals surface area contributed by atoms with Crippen molar-refractivity contribution in [1.29, 1.82) is 10.5 Å². The molecule has 31 heavy (non-hydrogen) atoms. The largest absolute Gasteiger partial charge is 0.309 e. The third kappa shape index (κ3) is 4.22. The van der Waals surface area contributed by atoms with Gasteiger partial charge in [-0.2, -0.15) is 10.5 Å². The molecule has 0 unspecified atom stereocenters. The van der Waals surface area contributed by atoms with Gasteiger partial charge in [-0.25, -0.2) is 0 Å². The highest BCUT2D eigenvalue weighted by Crippen LogP contribution is 2.38. The van der Waals surface area contributed by atoms with E-state index in [9.17, 15) is 10.5 Å². The number of nitriles is 2. The van der Waals surface area contributed by atoms with Crippen LogP contribution in [0.4, 0.5) is 5.69 Å². The van der Waals surface area contributed by atoms with Crippen molar-refractivity contribution >= 4 is 23.0 Å². The minimum Gasteiger partial charge on any atom is -0.309 e. The number of anilines is 1. The van der Waals surface area contributed by atoms with Crippen molar-refractivity contribution in [2.24, 2.45) is 0 Å². The summed E-state index contributed by atoms with van der Waals surface area (Å²) in [6.45, 7) is 0. The van der Waals surface area contributed by atoms with E-state index in [2.05, 4.69) is 23.1 Å². The number of nitrogens with zero attached hydrogens (tertiary/aromatic N) is 3. The van der Waals surface area contributed by atoms with E-state index < -0.39 is 0 Å². The second-order valence-corrected chi connectivity index (χ2v) is 6.92. The number of fused-ring (bicyclic) bond motifs is 1. The fourth-order valence-electron chi connectivity index (χ4n) is 3.62. The van der Waals surface area contributed by atoms with E-state index in [-0.39, 0.29) is 0 Å². The van der Waals surface area contributed by atoms with Gasteiger partial charge in [0.2, 0.25) is 0 Å². The van der Waals surface area contributed by atoms with Crippen LogP contribution in [0, 0.1) is 22.7 Å². The molecule has 0 aliphatic carbocycles. The van der Waals surface area contributed by atoms with Gasteiger partial charge in [0.25, 0.3) is 0 Å². The van der Waals surface area contributed by atoms with Gasteiger partial charge >= 0.3 is 0 Å². The molecule has 3 heteroatoms. The van der Waals surface area contributed by atoms with Gasteiger partial charge in [-0.3, -0.25) is 0 Å². The van der Waals surface area contributed by atoms with Gasteiger partial charge < -0.3 is 4.90 Å². The Hall–Kier alpha value is -4.60. The highest BCUT2D eigenvalue weighted by atomic mass is 15.2. The van der Waals surface area contributed by atoms with Gasteiger partial charge in [-0.05, 0) is 40.5 Å². The number of benzene rings is 3. The fourth-order valence-corrected chi connectivity index (χ4v) is 3.62. The van der Waals surface area contributed by atoms with Gasteiger partial charge in [-0.1, -0.05) is 84.9 Å². The monoisotopic (exact) mass is 397 g/mol. The highest BCUT2D eigenvalue weighted by Gasteiger charge is 2.22.